The van der Waals surface area contributed by atoms with Crippen molar-refractivity contribution >= 4 is 17.3 Å². The number of nitrogens with one attached hydrogen (secondary N) is 1. The van der Waals surface area contributed by atoms with E-state index in [4.69, 9.17) is 9.47 Å². The number of carbonyl (C=O) groups excluding carboxylic acids is 1. The number of nitrogens with zero attached hydrogens (tertiary/aromatic N) is 2. The van der Waals surface area contributed by atoms with Gasteiger partial charge in [0.05, 0.1) is 24.7 Å². The molecule has 0 radical (unpaired) electrons. The number of amides is 1. The maximum absolute atomic E-state index is 12.4. The van der Waals surface area contributed by atoms with E-state index in [0.717, 1.165) is 12.8 Å². The van der Waals surface area contributed by atoms with Crippen LogP contribution in [-0.4, -0.2) is 54.9 Å². The number of ether oxygens (including phenoxy) is 2. The molecule has 3 rings (SSSR count). The molecule has 1 aromatic carbocycles. The van der Waals surface area contributed by atoms with Gasteiger partial charge in [-0.2, -0.15) is 0 Å². The zero-order chi connectivity index (χ0) is 16.9. The van der Waals surface area contributed by atoms with Gasteiger partial charge in [-0.3, -0.25) is 14.9 Å². The van der Waals surface area contributed by atoms with Crippen LogP contribution >= 0.6 is 0 Å². The smallest absolute Gasteiger partial charge is 0.292 e. The Kier molecular flexibility index (Phi) is 5.27. The van der Waals surface area contributed by atoms with E-state index in [1.165, 1.54) is 6.07 Å². The molecule has 1 unspecified atom stereocenters. The van der Waals surface area contributed by atoms with Crippen LogP contribution < -0.4 is 5.32 Å². The van der Waals surface area contributed by atoms with E-state index in [2.05, 4.69) is 5.32 Å². The Balaban J connectivity index is 1.56. The number of benzene rings is 1. The Morgan fingerprint density at radius 1 is 1.33 bits per heavy atom. The summed E-state index contributed by atoms with van der Waals surface area (Å²) in [7, 11) is 0. The third-order valence-corrected chi connectivity index (χ3v) is 4.37. The van der Waals surface area contributed by atoms with Crippen molar-refractivity contribution in [3.05, 3.63) is 34.4 Å². The standard InChI is InChI=1S/C16H21N3O5/c20-15(10-17-13-5-1-2-6-14(13)19(21)22)18-7-3-4-12(11-18)16-23-8-9-24-16/h1-2,5-6,12,16-17H,3-4,7-11H2. The minimum Gasteiger partial charge on any atom is -0.371 e. The van der Waals surface area contributed by atoms with Crippen molar-refractivity contribution in [2.24, 2.45) is 5.92 Å². The first-order chi connectivity index (χ1) is 11.6. The molecule has 1 N–H and O–H groups in total. The summed E-state index contributed by atoms with van der Waals surface area (Å²) in [6.45, 7) is 2.54. The van der Waals surface area contributed by atoms with E-state index in [0.29, 0.717) is 32.0 Å². The molecular formula is C16H21N3O5. The molecule has 2 aliphatic rings. The van der Waals surface area contributed by atoms with Crippen molar-refractivity contribution in [1.82, 2.24) is 4.90 Å². The number of rotatable bonds is 5. The van der Waals surface area contributed by atoms with Crippen LogP contribution in [0.3, 0.4) is 0 Å². The lowest BCUT2D eigenvalue weighted by Crippen LogP contribution is -2.45. The van der Waals surface area contributed by atoms with Gasteiger partial charge in [0.2, 0.25) is 5.91 Å². The normalized spacial score (nSPS) is 21.7. The lowest BCUT2D eigenvalue weighted by atomic mass is 9.97. The Labute approximate surface area is 139 Å². The van der Waals surface area contributed by atoms with Crippen LogP contribution in [0.5, 0.6) is 0 Å². The van der Waals surface area contributed by atoms with Crippen LogP contribution in [0, 0.1) is 16.0 Å². The lowest BCUT2D eigenvalue weighted by molar-refractivity contribution is -0.383. The zero-order valence-corrected chi connectivity index (χ0v) is 13.3. The topological polar surface area (TPSA) is 93.9 Å². The number of hydrogen-bond donors (Lipinski definition) is 1. The molecule has 0 spiro atoms. The highest BCUT2D eigenvalue weighted by atomic mass is 16.7. The number of anilines is 1. The number of piperidine rings is 1. The van der Waals surface area contributed by atoms with Crippen LogP contribution in [0.15, 0.2) is 24.3 Å². The fraction of sp³-hybridized carbons (Fsp3) is 0.562. The Morgan fingerprint density at radius 3 is 2.83 bits per heavy atom. The summed E-state index contributed by atoms with van der Waals surface area (Å²) in [6, 6.07) is 6.32. The third kappa shape index (κ3) is 3.82. The highest BCUT2D eigenvalue weighted by Gasteiger charge is 2.32. The zero-order valence-electron chi connectivity index (χ0n) is 13.3. The van der Waals surface area contributed by atoms with Gasteiger partial charge >= 0.3 is 0 Å². The molecule has 1 aromatic rings. The molecule has 8 heteroatoms. The number of para-hydroxylation sites is 2. The molecule has 2 aliphatic heterocycles. The predicted octanol–water partition coefficient (Wildman–Crippen LogP) is 1.62. The van der Waals surface area contributed by atoms with E-state index in [1.54, 1.807) is 23.1 Å². The van der Waals surface area contributed by atoms with E-state index in [9.17, 15) is 14.9 Å². The number of nitro benzene ring substituents is 1. The number of carbonyl (C=O) groups is 1. The van der Waals surface area contributed by atoms with Gasteiger partial charge in [-0.05, 0) is 18.9 Å². The van der Waals surface area contributed by atoms with Crippen molar-refractivity contribution in [2.75, 3.05) is 38.2 Å². The van der Waals surface area contributed by atoms with Gasteiger partial charge < -0.3 is 19.7 Å². The van der Waals surface area contributed by atoms with E-state index < -0.39 is 4.92 Å². The second-order valence-corrected chi connectivity index (χ2v) is 5.98. The van der Waals surface area contributed by atoms with Crippen molar-refractivity contribution in [3.8, 4) is 0 Å². The Hall–Kier alpha value is -2.19. The van der Waals surface area contributed by atoms with Gasteiger partial charge in [-0.25, -0.2) is 0 Å². The average Bonchev–Trinajstić information content (AvgIpc) is 3.14. The van der Waals surface area contributed by atoms with Gasteiger partial charge in [-0.15, -0.1) is 0 Å². The Bertz CT molecular complexity index is 603. The largest absolute Gasteiger partial charge is 0.371 e. The van der Waals surface area contributed by atoms with E-state index >= 15 is 0 Å². The van der Waals surface area contributed by atoms with Crippen molar-refractivity contribution in [2.45, 2.75) is 19.1 Å². The van der Waals surface area contributed by atoms with Gasteiger partial charge in [-0.1, -0.05) is 12.1 Å². The summed E-state index contributed by atoms with van der Waals surface area (Å²) in [5, 5.41) is 13.9. The molecule has 1 amide bonds. The molecule has 2 fully saturated rings. The minimum atomic E-state index is -0.460. The molecule has 24 heavy (non-hydrogen) atoms. The van der Waals surface area contributed by atoms with Crippen molar-refractivity contribution in [1.29, 1.82) is 0 Å². The van der Waals surface area contributed by atoms with Gasteiger partial charge in [0, 0.05) is 25.1 Å². The fourth-order valence-electron chi connectivity index (χ4n) is 3.17. The summed E-state index contributed by atoms with van der Waals surface area (Å²) in [5.41, 5.74) is 0.321. The first kappa shape index (κ1) is 16.7. The average molecular weight is 335 g/mol. The maximum Gasteiger partial charge on any atom is 0.292 e. The molecule has 2 saturated heterocycles. The summed E-state index contributed by atoms with van der Waals surface area (Å²) in [6.07, 6.45) is 1.67. The van der Waals surface area contributed by atoms with Gasteiger partial charge in [0.15, 0.2) is 6.29 Å². The van der Waals surface area contributed by atoms with Gasteiger partial charge in [0.1, 0.15) is 5.69 Å². The molecule has 0 bridgehead atoms. The first-order valence-corrected chi connectivity index (χ1v) is 8.13. The molecule has 0 saturated carbocycles. The summed E-state index contributed by atoms with van der Waals surface area (Å²) < 4.78 is 11.1. The van der Waals surface area contributed by atoms with Crippen LogP contribution in [-0.2, 0) is 14.3 Å². The summed E-state index contributed by atoms with van der Waals surface area (Å²) >= 11 is 0. The van der Waals surface area contributed by atoms with Crippen LogP contribution in [0.1, 0.15) is 12.8 Å². The number of hydrogen-bond acceptors (Lipinski definition) is 6. The van der Waals surface area contributed by atoms with Gasteiger partial charge in [0.25, 0.3) is 5.69 Å². The Morgan fingerprint density at radius 2 is 2.08 bits per heavy atom. The highest BCUT2D eigenvalue weighted by molar-refractivity contribution is 5.82. The second kappa shape index (κ2) is 7.59. The maximum atomic E-state index is 12.4. The molecule has 0 aliphatic carbocycles. The highest BCUT2D eigenvalue weighted by Crippen LogP contribution is 2.26. The monoisotopic (exact) mass is 335 g/mol. The molecule has 130 valence electrons. The predicted molar refractivity (Wildman–Crippen MR) is 86.6 cm³/mol. The van der Waals surface area contributed by atoms with Crippen molar-refractivity contribution in [3.63, 3.8) is 0 Å². The van der Waals surface area contributed by atoms with Crippen LogP contribution in [0.2, 0.25) is 0 Å². The summed E-state index contributed by atoms with van der Waals surface area (Å²) in [5.74, 6) is 0.118. The number of nitro groups is 1. The quantitative estimate of drug-likeness (QED) is 0.649. The second-order valence-electron chi connectivity index (χ2n) is 5.98. The molecule has 8 nitrogen and oxygen atoms in total. The van der Waals surface area contributed by atoms with Crippen LogP contribution in [0.25, 0.3) is 0 Å². The first-order valence-electron chi connectivity index (χ1n) is 8.13. The van der Waals surface area contributed by atoms with E-state index in [1.807, 2.05) is 0 Å². The molecular weight excluding hydrogens is 314 g/mol. The lowest BCUT2D eigenvalue weighted by Gasteiger charge is -2.34. The van der Waals surface area contributed by atoms with Crippen LogP contribution in [0.4, 0.5) is 11.4 Å². The molecule has 0 aromatic heterocycles. The van der Waals surface area contributed by atoms with E-state index in [-0.39, 0.29) is 30.3 Å². The molecule has 2 heterocycles. The summed E-state index contributed by atoms with van der Waals surface area (Å²) in [4.78, 5) is 24.7. The molecule has 1 atom stereocenters. The number of likely N-dealkylation sites (tertiary alicyclic amines) is 1. The minimum absolute atomic E-state index is 0.0317. The van der Waals surface area contributed by atoms with Crippen molar-refractivity contribution < 1.29 is 19.2 Å². The fourth-order valence-corrected chi connectivity index (χ4v) is 3.17. The SMILES string of the molecule is O=C(CNc1ccccc1[N+](=O)[O-])N1CCCC(C2OCCO2)C1. The third-order valence-electron chi connectivity index (χ3n) is 4.37.